The number of carbonyl (C=O) groups is 2. The number of nitrogens with one attached hydrogen (secondary N) is 1. The Hall–Kier alpha value is -3.47. The van der Waals surface area contributed by atoms with Crippen LogP contribution in [-0.4, -0.2) is 22.3 Å². The van der Waals surface area contributed by atoms with Gasteiger partial charge in [-0.15, -0.1) is 0 Å². The number of hydrogen-bond donors (Lipinski definition) is 1. The third-order valence-corrected chi connectivity index (χ3v) is 6.15. The van der Waals surface area contributed by atoms with Crippen LogP contribution < -0.4 is 5.32 Å². The van der Waals surface area contributed by atoms with Gasteiger partial charge in [-0.05, 0) is 49.1 Å². The molecule has 2 atom stereocenters. The molecule has 1 aliphatic rings. The van der Waals surface area contributed by atoms with Crippen LogP contribution in [0.2, 0.25) is 0 Å². The number of amides is 2. The molecule has 1 aliphatic heterocycles. The van der Waals surface area contributed by atoms with E-state index in [1.54, 1.807) is 30.9 Å². The summed E-state index contributed by atoms with van der Waals surface area (Å²) in [6, 6.07) is 25.5. The molecule has 0 spiro atoms. The minimum atomic E-state index is -1.06. The zero-order chi connectivity index (χ0) is 22.7. The van der Waals surface area contributed by atoms with E-state index in [4.69, 9.17) is 0 Å². The van der Waals surface area contributed by atoms with Crippen LogP contribution in [0.5, 0.6) is 0 Å². The Bertz CT molecular complexity index is 1080. The summed E-state index contributed by atoms with van der Waals surface area (Å²) in [5.41, 5.74) is 1.89. The van der Waals surface area contributed by atoms with Crippen molar-refractivity contribution in [3.05, 3.63) is 107 Å². The largest absolute Gasteiger partial charge is 0.347 e. The SMILES string of the molecule is CC(C)(C(=O)NC(Cc1ccccc1)c1ccccc1)N1C(=O)CC1c1ccc(F)cc1. The summed E-state index contributed by atoms with van der Waals surface area (Å²) < 4.78 is 13.3. The molecule has 0 aromatic heterocycles. The van der Waals surface area contributed by atoms with Crippen LogP contribution in [-0.2, 0) is 16.0 Å². The van der Waals surface area contributed by atoms with Gasteiger partial charge in [-0.3, -0.25) is 9.59 Å². The van der Waals surface area contributed by atoms with Gasteiger partial charge in [-0.1, -0.05) is 72.8 Å². The van der Waals surface area contributed by atoms with Crippen molar-refractivity contribution in [2.75, 3.05) is 0 Å². The average Bonchev–Trinajstić information content (AvgIpc) is 2.78. The van der Waals surface area contributed by atoms with Crippen molar-refractivity contribution in [1.29, 1.82) is 0 Å². The van der Waals surface area contributed by atoms with E-state index < -0.39 is 5.54 Å². The summed E-state index contributed by atoms with van der Waals surface area (Å²) in [4.78, 5) is 27.6. The molecule has 32 heavy (non-hydrogen) atoms. The Balaban J connectivity index is 1.56. The van der Waals surface area contributed by atoms with Crippen molar-refractivity contribution in [2.24, 2.45) is 0 Å². The second kappa shape index (κ2) is 8.95. The number of benzene rings is 3. The van der Waals surface area contributed by atoms with Crippen LogP contribution >= 0.6 is 0 Å². The van der Waals surface area contributed by atoms with Crippen molar-refractivity contribution in [2.45, 2.75) is 44.3 Å². The number of hydrogen-bond acceptors (Lipinski definition) is 2. The molecule has 0 radical (unpaired) electrons. The maximum atomic E-state index is 13.5. The maximum Gasteiger partial charge on any atom is 0.245 e. The standard InChI is InChI=1S/C27H27FN2O2/c1-27(2,30-24(18-25(30)31)21-13-15-22(28)16-14-21)26(32)29-23(20-11-7-4-8-12-20)17-19-9-5-3-6-10-19/h3-16,23-24H,17-18H2,1-2H3,(H,29,32). The molecule has 5 heteroatoms. The van der Waals surface area contributed by atoms with Gasteiger partial charge in [-0.2, -0.15) is 0 Å². The Morgan fingerprint density at radius 2 is 1.59 bits per heavy atom. The molecule has 1 heterocycles. The predicted molar refractivity (Wildman–Crippen MR) is 122 cm³/mol. The van der Waals surface area contributed by atoms with E-state index in [2.05, 4.69) is 5.32 Å². The molecule has 4 nitrogen and oxygen atoms in total. The van der Waals surface area contributed by atoms with Gasteiger partial charge >= 0.3 is 0 Å². The lowest BCUT2D eigenvalue weighted by atomic mass is 9.86. The minimum absolute atomic E-state index is 0.0844. The summed E-state index contributed by atoms with van der Waals surface area (Å²) >= 11 is 0. The van der Waals surface area contributed by atoms with E-state index in [0.717, 1.165) is 16.7 Å². The first-order valence-electron chi connectivity index (χ1n) is 10.8. The molecular formula is C27H27FN2O2. The number of nitrogens with zero attached hydrogens (tertiary/aromatic N) is 1. The normalized spacial score (nSPS) is 16.9. The summed E-state index contributed by atoms with van der Waals surface area (Å²) in [5.74, 6) is -0.629. The number of likely N-dealkylation sites (tertiary alicyclic amines) is 1. The van der Waals surface area contributed by atoms with Crippen LogP contribution in [0.3, 0.4) is 0 Å². The van der Waals surface area contributed by atoms with Crippen LogP contribution in [0, 0.1) is 5.82 Å². The van der Waals surface area contributed by atoms with Gasteiger partial charge in [0.05, 0.1) is 18.5 Å². The lowest BCUT2D eigenvalue weighted by molar-refractivity contribution is -0.162. The van der Waals surface area contributed by atoms with Crippen LogP contribution in [0.4, 0.5) is 4.39 Å². The van der Waals surface area contributed by atoms with Gasteiger partial charge in [-0.25, -0.2) is 4.39 Å². The number of halogens is 1. The Morgan fingerprint density at radius 1 is 1.00 bits per heavy atom. The highest BCUT2D eigenvalue weighted by Gasteiger charge is 2.49. The fourth-order valence-corrected chi connectivity index (χ4v) is 4.30. The van der Waals surface area contributed by atoms with Gasteiger partial charge in [0.1, 0.15) is 11.4 Å². The van der Waals surface area contributed by atoms with Crippen molar-refractivity contribution >= 4 is 11.8 Å². The molecule has 3 aromatic carbocycles. The molecule has 1 fully saturated rings. The zero-order valence-corrected chi connectivity index (χ0v) is 18.3. The topological polar surface area (TPSA) is 49.4 Å². The van der Waals surface area contributed by atoms with E-state index in [1.165, 1.54) is 12.1 Å². The minimum Gasteiger partial charge on any atom is -0.347 e. The molecular weight excluding hydrogens is 403 g/mol. The summed E-state index contributed by atoms with van der Waals surface area (Å²) in [7, 11) is 0. The highest BCUT2D eigenvalue weighted by atomic mass is 19.1. The third kappa shape index (κ3) is 4.42. The summed E-state index contributed by atoms with van der Waals surface area (Å²) in [5, 5.41) is 3.18. The van der Waals surface area contributed by atoms with Gasteiger partial charge in [0.2, 0.25) is 11.8 Å². The smallest absolute Gasteiger partial charge is 0.245 e. The first-order chi connectivity index (χ1) is 15.4. The highest BCUT2D eigenvalue weighted by molar-refractivity contribution is 5.94. The fourth-order valence-electron chi connectivity index (χ4n) is 4.30. The van der Waals surface area contributed by atoms with Gasteiger partial charge < -0.3 is 10.2 Å². The molecule has 0 saturated carbocycles. The second-order valence-corrected chi connectivity index (χ2v) is 8.72. The summed E-state index contributed by atoms with van der Waals surface area (Å²) in [6.07, 6.45) is 0.955. The fraction of sp³-hybridized carbons (Fsp3) is 0.259. The summed E-state index contributed by atoms with van der Waals surface area (Å²) in [6.45, 7) is 3.53. The van der Waals surface area contributed by atoms with E-state index >= 15 is 0 Å². The van der Waals surface area contributed by atoms with E-state index in [9.17, 15) is 14.0 Å². The number of rotatable bonds is 7. The monoisotopic (exact) mass is 430 g/mol. The average molecular weight is 431 g/mol. The second-order valence-electron chi connectivity index (χ2n) is 8.72. The zero-order valence-electron chi connectivity index (χ0n) is 18.3. The molecule has 3 aromatic rings. The molecule has 0 aliphatic carbocycles. The molecule has 2 unspecified atom stereocenters. The Kier molecular flexibility index (Phi) is 6.08. The van der Waals surface area contributed by atoms with E-state index in [0.29, 0.717) is 12.8 Å². The Labute approximate surface area is 188 Å². The molecule has 4 rings (SSSR count). The maximum absolute atomic E-state index is 13.5. The molecule has 1 saturated heterocycles. The van der Waals surface area contributed by atoms with Crippen molar-refractivity contribution in [1.82, 2.24) is 10.2 Å². The number of carbonyl (C=O) groups excluding carboxylic acids is 2. The van der Waals surface area contributed by atoms with Crippen molar-refractivity contribution in [3.8, 4) is 0 Å². The van der Waals surface area contributed by atoms with Crippen LogP contribution in [0.1, 0.15) is 49.0 Å². The third-order valence-electron chi connectivity index (χ3n) is 6.15. The lowest BCUT2D eigenvalue weighted by Crippen LogP contribution is -2.63. The first kappa shape index (κ1) is 21.8. The van der Waals surface area contributed by atoms with Crippen LogP contribution in [0.15, 0.2) is 84.9 Å². The van der Waals surface area contributed by atoms with Crippen molar-refractivity contribution in [3.63, 3.8) is 0 Å². The molecule has 0 bridgehead atoms. The van der Waals surface area contributed by atoms with Gasteiger partial charge in [0.15, 0.2) is 0 Å². The van der Waals surface area contributed by atoms with Gasteiger partial charge in [0, 0.05) is 0 Å². The van der Waals surface area contributed by atoms with Crippen LogP contribution in [0.25, 0.3) is 0 Å². The van der Waals surface area contributed by atoms with E-state index in [1.807, 2.05) is 60.7 Å². The Morgan fingerprint density at radius 3 is 2.19 bits per heavy atom. The highest BCUT2D eigenvalue weighted by Crippen LogP contribution is 2.40. The number of β-lactam (4-membered cyclic amide) rings is 1. The van der Waals surface area contributed by atoms with E-state index in [-0.39, 0.29) is 29.7 Å². The molecule has 2 amide bonds. The molecule has 164 valence electrons. The first-order valence-corrected chi connectivity index (χ1v) is 10.8. The predicted octanol–water partition coefficient (Wildman–Crippen LogP) is 4.98. The van der Waals surface area contributed by atoms with Gasteiger partial charge in [0.25, 0.3) is 0 Å². The lowest BCUT2D eigenvalue weighted by Gasteiger charge is -2.50. The molecule has 1 N–H and O–H groups in total. The quantitative estimate of drug-likeness (QED) is 0.538. The van der Waals surface area contributed by atoms with Crippen molar-refractivity contribution < 1.29 is 14.0 Å².